The number of hydrogen-bond acceptors (Lipinski definition) is 6. The van der Waals surface area contributed by atoms with Gasteiger partial charge in [-0.3, -0.25) is 4.79 Å². The van der Waals surface area contributed by atoms with Crippen molar-refractivity contribution in [1.82, 2.24) is 10.1 Å². The summed E-state index contributed by atoms with van der Waals surface area (Å²) in [5.41, 5.74) is 0. The lowest BCUT2D eigenvalue weighted by molar-refractivity contribution is -0.120. The highest BCUT2D eigenvalue weighted by molar-refractivity contribution is 8.07. The lowest BCUT2D eigenvalue weighted by atomic mass is 9.99. The van der Waals surface area contributed by atoms with Gasteiger partial charge in [0.15, 0.2) is 5.82 Å². The molecule has 1 aliphatic carbocycles. The minimum absolute atomic E-state index is 0.161. The average Bonchev–Trinajstić information content (AvgIpc) is 2.85. The van der Waals surface area contributed by atoms with E-state index in [1.165, 1.54) is 0 Å². The maximum Gasteiger partial charge on any atom is 0.237 e. The minimum atomic E-state index is -0.161. The van der Waals surface area contributed by atoms with Crippen LogP contribution < -0.4 is 0 Å². The number of ketones is 1. The maximum absolute atomic E-state index is 12.2. The molecule has 2 aliphatic rings. The summed E-state index contributed by atoms with van der Waals surface area (Å²) in [6.07, 6.45) is 4.73. The second-order valence-electron chi connectivity index (χ2n) is 5.98. The summed E-state index contributed by atoms with van der Waals surface area (Å²) in [6, 6.07) is 0. The molecule has 1 aliphatic heterocycles. The van der Waals surface area contributed by atoms with Crippen molar-refractivity contribution in [3.8, 4) is 0 Å². The highest BCUT2D eigenvalue weighted by Gasteiger charge is 2.32. The van der Waals surface area contributed by atoms with E-state index >= 15 is 0 Å². The second kappa shape index (κ2) is 6.73. The average molecular weight is 326 g/mol. The fourth-order valence-electron chi connectivity index (χ4n) is 2.86. The number of hydrogen-bond donors (Lipinski definition) is 0. The highest BCUT2D eigenvalue weighted by Crippen LogP contribution is 2.43. The van der Waals surface area contributed by atoms with E-state index in [-0.39, 0.29) is 11.7 Å². The van der Waals surface area contributed by atoms with Gasteiger partial charge < -0.3 is 4.52 Å². The molecule has 0 spiro atoms. The molecule has 1 saturated carbocycles. The zero-order valence-corrected chi connectivity index (χ0v) is 14.2. The Labute approximate surface area is 134 Å². The lowest BCUT2D eigenvalue weighted by Crippen LogP contribution is -2.22. The Balaban J connectivity index is 1.72. The highest BCUT2D eigenvalue weighted by atomic mass is 32.2. The first-order chi connectivity index (χ1) is 10.1. The zero-order valence-electron chi connectivity index (χ0n) is 12.6. The van der Waals surface area contributed by atoms with E-state index in [0.717, 1.165) is 37.3 Å². The molecule has 4 atom stereocenters. The number of Topliss-reactive ketones (excluding diaryl/α,β-unsaturated/α-hetero) is 1. The molecule has 0 aromatic carbocycles. The third-order valence-electron chi connectivity index (χ3n) is 4.40. The van der Waals surface area contributed by atoms with Crippen molar-refractivity contribution in [2.75, 3.05) is 5.75 Å². The molecule has 0 bridgehead atoms. The van der Waals surface area contributed by atoms with E-state index in [2.05, 4.69) is 24.0 Å². The first-order valence-corrected chi connectivity index (χ1v) is 9.77. The third kappa shape index (κ3) is 3.47. The van der Waals surface area contributed by atoms with E-state index in [1.807, 2.05) is 23.5 Å². The molecule has 21 heavy (non-hydrogen) atoms. The molecule has 116 valence electrons. The molecule has 1 saturated heterocycles. The number of carbonyl (C=O) groups is 1. The molecular weight excluding hydrogens is 304 g/mol. The standard InChI is InChI=1S/C15H22N2O2S2/c1-9-10(2)21-13(8-20-9)14-16-15(19-17-14)11-6-4-3-5-7-12(11)18/h9-11,13H,3-8H2,1-2H3. The smallest absolute Gasteiger partial charge is 0.237 e. The van der Waals surface area contributed by atoms with Gasteiger partial charge in [0.05, 0.1) is 11.2 Å². The Morgan fingerprint density at radius 3 is 2.86 bits per heavy atom. The van der Waals surface area contributed by atoms with Crippen LogP contribution in [0.1, 0.15) is 68.8 Å². The number of rotatable bonds is 2. The van der Waals surface area contributed by atoms with Crippen LogP contribution in [-0.2, 0) is 4.79 Å². The van der Waals surface area contributed by atoms with E-state index in [0.29, 0.717) is 28.1 Å². The van der Waals surface area contributed by atoms with Gasteiger partial charge in [-0.1, -0.05) is 31.8 Å². The number of nitrogens with zero attached hydrogens (tertiary/aromatic N) is 2. The van der Waals surface area contributed by atoms with Crippen LogP contribution in [0.15, 0.2) is 4.52 Å². The Morgan fingerprint density at radius 1 is 1.19 bits per heavy atom. The van der Waals surface area contributed by atoms with E-state index in [1.54, 1.807) is 0 Å². The zero-order chi connectivity index (χ0) is 14.8. The first-order valence-electron chi connectivity index (χ1n) is 7.78. The van der Waals surface area contributed by atoms with Gasteiger partial charge in [-0.05, 0) is 12.8 Å². The molecule has 4 unspecified atom stereocenters. The molecule has 0 amide bonds. The van der Waals surface area contributed by atoms with Crippen LogP contribution in [-0.4, -0.2) is 32.2 Å². The molecule has 0 radical (unpaired) electrons. The van der Waals surface area contributed by atoms with Crippen molar-refractivity contribution < 1.29 is 9.32 Å². The summed E-state index contributed by atoms with van der Waals surface area (Å²) >= 11 is 3.89. The van der Waals surface area contributed by atoms with Gasteiger partial charge in [-0.25, -0.2) is 0 Å². The predicted octanol–water partition coefficient (Wildman–Crippen LogP) is 3.98. The van der Waals surface area contributed by atoms with Crippen molar-refractivity contribution in [2.24, 2.45) is 0 Å². The SMILES string of the molecule is CC1SCC(c2noc(C3CCCCCC3=O)n2)SC1C. The van der Waals surface area contributed by atoms with Crippen molar-refractivity contribution in [3.63, 3.8) is 0 Å². The summed E-state index contributed by atoms with van der Waals surface area (Å²) in [7, 11) is 0. The topological polar surface area (TPSA) is 56.0 Å². The fraction of sp³-hybridized carbons (Fsp3) is 0.800. The van der Waals surface area contributed by atoms with Crippen molar-refractivity contribution in [3.05, 3.63) is 11.7 Å². The summed E-state index contributed by atoms with van der Waals surface area (Å²) in [4.78, 5) is 16.7. The predicted molar refractivity (Wildman–Crippen MR) is 86.8 cm³/mol. The quantitative estimate of drug-likeness (QED) is 0.766. The van der Waals surface area contributed by atoms with Crippen LogP contribution in [0, 0.1) is 0 Å². The molecular formula is C15H22N2O2S2. The van der Waals surface area contributed by atoms with E-state index < -0.39 is 0 Å². The summed E-state index contributed by atoms with van der Waals surface area (Å²) in [5.74, 6) is 2.46. The Hall–Kier alpha value is -0.490. The van der Waals surface area contributed by atoms with E-state index in [9.17, 15) is 4.79 Å². The second-order valence-corrected chi connectivity index (χ2v) is 8.97. The molecule has 2 heterocycles. The first kappa shape index (κ1) is 15.4. The molecule has 6 heteroatoms. The molecule has 1 aromatic rings. The minimum Gasteiger partial charge on any atom is -0.339 e. The van der Waals surface area contributed by atoms with Crippen LogP contribution in [0.25, 0.3) is 0 Å². The lowest BCUT2D eigenvalue weighted by Gasteiger charge is -2.29. The van der Waals surface area contributed by atoms with Crippen LogP contribution in [0.4, 0.5) is 0 Å². The van der Waals surface area contributed by atoms with Gasteiger partial charge in [-0.2, -0.15) is 16.7 Å². The van der Waals surface area contributed by atoms with Gasteiger partial charge in [0.25, 0.3) is 0 Å². The van der Waals surface area contributed by atoms with Gasteiger partial charge in [0.1, 0.15) is 5.78 Å². The van der Waals surface area contributed by atoms with E-state index in [4.69, 9.17) is 4.52 Å². The van der Waals surface area contributed by atoms with Gasteiger partial charge >= 0.3 is 0 Å². The Bertz CT molecular complexity index is 506. The number of thioether (sulfide) groups is 2. The van der Waals surface area contributed by atoms with Gasteiger partial charge in [0, 0.05) is 22.7 Å². The van der Waals surface area contributed by atoms with Crippen LogP contribution in [0.2, 0.25) is 0 Å². The molecule has 3 rings (SSSR count). The normalized spacial score (nSPS) is 34.7. The monoisotopic (exact) mass is 326 g/mol. The van der Waals surface area contributed by atoms with Crippen molar-refractivity contribution >= 4 is 29.3 Å². The molecule has 4 nitrogen and oxygen atoms in total. The van der Waals surface area contributed by atoms with Crippen molar-refractivity contribution in [1.29, 1.82) is 0 Å². The van der Waals surface area contributed by atoms with Crippen LogP contribution in [0.3, 0.4) is 0 Å². The third-order valence-corrected chi connectivity index (χ3v) is 7.79. The Kier molecular flexibility index (Phi) is 4.94. The summed E-state index contributed by atoms with van der Waals surface area (Å²) < 4.78 is 5.44. The number of aromatic nitrogens is 2. The Morgan fingerprint density at radius 2 is 2.05 bits per heavy atom. The molecule has 1 aromatic heterocycles. The molecule has 0 N–H and O–H groups in total. The molecule has 2 fully saturated rings. The van der Waals surface area contributed by atoms with Crippen LogP contribution >= 0.6 is 23.5 Å². The van der Waals surface area contributed by atoms with Gasteiger partial charge in [0.2, 0.25) is 5.89 Å². The number of carbonyl (C=O) groups excluding carboxylic acids is 1. The fourth-order valence-corrected chi connectivity index (χ4v) is 5.69. The summed E-state index contributed by atoms with van der Waals surface area (Å²) in [5, 5.41) is 5.72. The largest absolute Gasteiger partial charge is 0.339 e. The van der Waals surface area contributed by atoms with Crippen molar-refractivity contribution in [2.45, 2.75) is 67.6 Å². The van der Waals surface area contributed by atoms with Gasteiger partial charge in [-0.15, -0.1) is 11.8 Å². The van der Waals surface area contributed by atoms with Crippen LogP contribution in [0.5, 0.6) is 0 Å². The summed E-state index contributed by atoms with van der Waals surface area (Å²) in [6.45, 7) is 4.52. The maximum atomic E-state index is 12.2.